The van der Waals surface area contributed by atoms with Crippen molar-refractivity contribution < 1.29 is 9.90 Å². The fourth-order valence-electron chi connectivity index (χ4n) is 1.55. The van der Waals surface area contributed by atoms with Crippen molar-refractivity contribution in [3.05, 3.63) is 40.0 Å². The van der Waals surface area contributed by atoms with Crippen LogP contribution in [0.4, 0.5) is 0 Å². The number of carboxylic acid groups (broad SMARTS) is 1. The number of halogens is 1. The average Bonchev–Trinajstić information content (AvgIpc) is 2.58. The lowest BCUT2D eigenvalue weighted by atomic mass is 10.2. The van der Waals surface area contributed by atoms with Crippen LogP contribution in [-0.2, 0) is 11.2 Å². The Balaban J connectivity index is 2.39. The van der Waals surface area contributed by atoms with E-state index in [1.165, 1.54) is 11.3 Å². The molecule has 0 fully saturated rings. The van der Waals surface area contributed by atoms with Crippen molar-refractivity contribution in [2.45, 2.75) is 13.3 Å². The molecule has 0 aliphatic carbocycles. The van der Waals surface area contributed by atoms with Crippen molar-refractivity contribution in [1.82, 2.24) is 4.98 Å². The minimum absolute atomic E-state index is 0.0356. The highest BCUT2D eigenvalue weighted by Gasteiger charge is 2.12. The zero-order valence-electron chi connectivity index (χ0n) is 9.11. The molecule has 88 valence electrons. The molecule has 1 aromatic heterocycles. The predicted octanol–water partition coefficient (Wildman–Crippen LogP) is 3.40. The van der Waals surface area contributed by atoms with Crippen LogP contribution in [-0.4, -0.2) is 16.1 Å². The first-order chi connectivity index (χ1) is 8.06. The molecule has 0 saturated heterocycles. The second kappa shape index (κ2) is 4.85. The maximum Gasteiger partial charge on any atom is 0.310 e. The number of hydrogen-bond donors (Lipinski definition) is 1. The van der Waals surface area contributed by atoms with E-state index in [-0.39, 0.29) is 6.42 Å². The number of carboxylic acids is 1. The molecule has 0 spiro atoms. The molecule has 0 unspecified atom stereocenters. The minimum Gasteiger partial charge on any atom is -0.481 e. The van der Waals surface area contributed by atoms with Crippen molar-refractivity contribution in [1.29, 1.82) is 0 Å². The van der Waals surface area contributed by atoms with E-state index in [0.717, 1.165) is 16.1 Å². The van der Waals surface area contributed by atoms with Gasteiger partial charge < -0.3 is 5.11 Å². The number of hydrogen-bond acceptors (Lipinski definition) is 3. The zero-order valence-corrected chi connectivity index (χ0v) is 10.7. The standard InChI is InChI=1S/C12H10ClNO2S/c1-7-12(8-3-2-4-9(13)5-8)17-10(14-7)6-11(15)16/h2-5H,6H2,1H3,(H,15,16). The first-order valence-electron chi connectivity index (χ1n) is 5.00. The van der Waals surface area contributed by atoms with Gasteiger partial charge in [0.25, 0.3) is 0 Å². The van der Waals surface area contributed by atoms with Crippen LogP contribution in [0.3, 0.4) is 0 Å². The number of rotatable bonds is 3. The third-order valence-electron chi connectivity index (χ3n) is 2.23. The van der Waals surface area contributed by atoms with E-state index < -0.39 is 5.97 Å². The number of benzene rings is 1. The Morgan fingerprint density at radius 1 is 1.53 bits per heavy atom. The Kier molecular flexibility index (Phi) is 3.45. The van der Waals surface area contributed by atoms with Crippen molar-refractivity contribution in [2.24, 2.45) is 0 Å². The summed E-state index contributed by atoms with van der Waals surface area (Å²) in [7, 11) is 0. The number of aliphatic carboxylic acids is 1. The summed E-state index contributed by atoms with van der Waals surface area (Å²) in [5.74, 6) is -0.864. The number of aryl methyl sites for hydroxylation is 1. The van der Waals surface area contributed by atoms with E-state index >= 15 is 0 Å². The molecule has 0 bridgehead atoms. The smallest absolute Gasteiger partial charge is 0.310 e. The monoisotopic (exact) mass is 267 g/mol. The molecule has 0 saturated carbocycles. The second-order valence-corrected chi connectivity index (χ2v) is 5.12. The van der Waals surface area contributed by atoms with Gasteiger partial charge in [0.15, 0.2) is 0 Å². The number of nitrogens with zero attached hydrogens (tertiary/aromatic N) is 1. The summed E-state index contributed by atoms with van der Waals surface area (Å²) in [6.07, 6.45) is -0.0356. The van der Waals surface area contributed by atoms with Crippen LogP contribution in [0.2, 0.25) is 5.02 Å². The van der Waals surface area contributed by atoms with Gasteiger partial charge in [-0.1, -0.05) is 23.7 Å². The van der Waals surface area contributed by atoms with Gasteiger partial charge in [-0.3, -0.25) is 4.79 Å². The summed E-state index contributed by atoms with van der Waals surface area (Å²) in [5, 5.41) is 10.0. The number of aromatic nitrogens is 1. The zero-order chi connectivity index (χ0) is 12.4. The van der Waals surface area contributed by atoms with Gasteiger partial charge in [0, 0.05) is 5.02 Å². The molecule has 0 amide bonds. The second-order valence-electron chi connectivity index (χ2n) is 3.60. The van der Waals surface area contributed by atoms with Crippen molar-refractivity contribution in [3.63, 3.8) is 0 Å². The molecule has 0 radical (unpaired) electrons. The van der Waals surface area contributed by atoms with Crippen LogP contribution in [0.5, 0.6) is 0 Å². The highest BCUT2D eigenvalue weighted by molar-refractivity contribution is 7.15. The molecule has 2 rings (SSSR count). The van der Waals surface area contributed by atoms with E-state index in [0.29, 0.717) is 10.0 Å². The topological polar surface area (TPSA) is 50.2 Å². The maximum absolute atomic E-state index is 10.6. The SMILES string of the molecule is Cc1nc(CC(=O)O)sc1-c1cccc(Cl)c1. The lowest BCUT2D eigenvalue weighted by molar-refractivity contribution is -0.136. The molecule has 2 aromatic rings. The molecule has 0 atom stereocenters. The normalized spacial score (nSPS) is 10.5. The molecule has 1 N–H and O–H groups in total. The largest absolute Gasteiger partial charge is 0.481 e. The Hall–Kier alpha value is -1.39. The van der Waals surface area contributed by atoms with Crippen LogP contribution >= 0.6 is 22.9 Å². The maximum atomic E-state index is 10.6. The summed E-state index contributed by atoms with van der Waals surface area (Å²) < 4.78 is 0. The fraction of sp³-hybridized carbons (Fsp3) is 0.167. The summed E-state index contributed by atoms with van der Waals surface area (Å²) in [4.78, 5) is 15.9. The van der Waals surface area contributed by atoms with Gasteiger partial charge in [-0.2, -0.15) is 0 Å². The molecule has 17 heavy (non-hydrogen) atoms. The summed E-state index contributed by atoms with van der Waals surface area (Å²) in [5.41, 5.74) is 1.82. The third kappa shape index (κ3) is 2.84. The Morgan fingerprint density at radius 2 is 2.29 bits per heavy atom. The molecular weight excluding hydrogens is 258 g/mol. The van der Waals surface area contributed by atoms with Gasteiger partial charge in [0.2, 0.25) is 0 Å². The van der Waals surface area contributed by atoms with Crippen LogP contribution in [0.1, 0.15) is 10.7 Å². The van der Waals surface area contributed by atoms with Crippen LogP contribution in [0.25, 0.3) is 10.4 Å². The molecule has 3 nitrogen and oxygen atoms in total. The van der Waals surface area contributed by atoms with Crippen LogP contribution < -0.4 is 0 Å². The molecule has 5 heteroatoms. The third-order valence-corrected chi connectivity index (χ3v) is 3.67. The first-order valence-corrected chi connectivity index (χ1v) is 6.20. The molecule has 1 heterocycles. The Morgan fingerprint density at radius 3 is 2.94 bits per heavy atom. The quantitative estimate of drug-likeness (QED) is 0.927. The molecule has 0 aliphatic heterocycles. The van der Waals surface area contributed by atoms with Crippen molar-refractivity contribution in [3.8, 4) is 10.4 Å². The van der Waals surface area contributed by atoms with E-state index in [2.05, 4.69) is 4.98 Å². The molecular formula is C12H10ClNO2S. The lowest BCUT2D eigenvalue weighted by Gasteiger charge is -1.98. The van der Waals surface area contributed by atoms with Gasteiger partial charge in [0.1, 0.15) is 5.01 Å². The van der Waals surface area contributed by atoms with E-state index in [9.17, 15) is 4.79 Å². The van der Waals surface area contributed by atoms with Gasteiger partial charge in [-0.25, -0.2) is 4.98 Å². The highest BCUT2D eigenvalue weighted by atomic mass is 35.5. The Bertz CT molecular complexity index is 565. The van der Waals surface area contributed by atoms with Crippen LogP contribution in [0.15, 0.2) is 24.3 Å². The van der Waals surface area contributed by atoms with Gasteiger partial charge in [-0.05, 0) is 24.6 Å². The summed E-state index contributed by atoms with van der Waals surface area (Å²) >= 11 is 7.33. The highest BCUT2D eigenvalue weighted by Crippen LogP contribution is 2.31. The Labute approximate surface area is 108 Å². The van der Waals surface area contributed by atoms with Crippen molar-refractivity contribution in [2.75, 3.05) is 0 Å². The van der Waals surface area contributed by atoms with Gasteiger partial charge in [0.05, 0.1) is 17.0 Å². The fourth-order valence-corrected chi connectivity index (χ4v) is 2.80. The van der Waals surface area contributed by atoms with E-state index in [1.54, 1.807) is 6.07 Å². The van der Waals surface area contributed by atoms with Gasteiger partial charge in [-0.15, -0.1) is 11.3 Å². The molecule has 0 aliphatic rings. The minimum atomic E-state index is -0.864. The molecule has 1 aromatic carbocycles. The van der Waals surface area contributed by atoms with Crippen LogP contribution in [0, 0.1) is 6.92 Å². The van der Waals surface area contributed by atoms with E-state index in [1.807, 2.05) is 25.1 Å². The lowest BCUT2D eigenvalue weighted by Crippen LogP contribution is -1.98. The average molecular weight is 268 g/mol. The predicted molar refractivity (Wildman–Crippen MR) is 68.6 cm³/mol. The summed E-state index contributed by atoms with van der Waals surface area (Å²) in [6, 6.07) is 7.47. The van der Waals surface area contributed by atoms with E-state index in [4.69, 9.17) is 16.7 Å². The number of thiazole rings is 1. The first kappa shape index (κ1) is 12.1. The summed E-state index contributed by atoms with van der Waals surface area (Å²) in [6.45, 7) is 1.87. The van der Waals surface area contributed by atoms with Gasteiger partial charge >= 0.3 is 5.97 Å². The number of carbonyl (C=O) groups is 1. The van der Waals surface area contributed by atoms with Crippen molar-refractivity contribution >= 4 is 28.9 Å².